The molecular formula is C21H31N3O4. The van der Waals surface area contributed by atoms with Gasteiger partial charge in [-0.15, -0.1) is 0 Å². The molecule has 0 unspecified atom stereocenters. The monoisotopic (exact) mass is 389 g/mol. The molecule has 1 aromatic rings. The Bertz CT molecular complexity index is 658. The van der Waals surface area contributed by atoms with Crippen LogP contribution >= 0.6 is 0 Å². The van der Waals surface area contributed by atoms with Crippen LogP contribution in [-0.2, 0) is 16.0 Å². The third-order valence-electron chi connectivity index (χ3n) is 5.76. The van der Waals surface area contributed by atoms with Gasteiger partial charge in [0, 0.05) is 19.0 Å². The smallest absolute Gasteiger partial charge is 0.224 e. The van der Waals surface area contributed by atoms with Crippen molar-refractivity contribution in [3.8, 4) is 5.75 Å². The van der Waals surface area contributed by atoms with Crippen LogP contribution in [0.15, 0.2) is 24.3 Å². The van der Waals surface area contributed by atoms with Crippen LogP contribution in [0.25, 0.3) is 0 Å². The van der Waals surface area contributed by atoms with Crippen LogP contribution in [0.2, 0.25) is 0 Å². The molecule has 28 heavy (non-hydrogen) atoms. The van der Waals surface area contributed by atoms with E-state index < -0.39 is 12.1 Å². The van der Waals surface area contributed by atoms with Gasteiger partial charge in [-0.3, -0.25) is 9.59 Å². The summed E-state index contributed by atoms with van der Waals surface area (Å²) >= 11 is 0. The van der Waals surface area contributed by atoms with Crippen molar-refractivity contribution in [1.29, 1.82) is 0 Å². The van der Waals surface area contributed by atoms with Gasteiger partial charge in [0.2, 0.25) is 11.8 Å². The molecule has 1 saturated heterocycles. The van der Waals surface area contributed by atoms with E-state index in [2.05, 4.69) is 15.5 Å². The molecule has 1 heterocycles. The summed E-state index contributed by atoms with van der Waals surface area (Å²) in [6.07, 6.45) is 3.63. The lowest BCUT2D eigenvalue weighted by molar-refractivity contribution is -0.129. The van der Waals surface area contributed by atoms with Gasteiger partial charge in [-0.25, -0.2) is 0 Å². The fourth-order valence-corrected chi connectivity index (χ4v) is 4.09. The zero-order valence-electron chi connectivity index (χ0n) is 16.3. The van der Waals surface area contributed by atoms with Crippen LogP contribution in [0.1, 0.15) is 37.7 Å². The third kappa shape index (κ3) is 5.94. The van der Waals surface area contributed by atoms with Crippen molar-refractivity contribution in [2.24, 2.45) is 5.92 Å². The first-order chi connectivity index (χ1) is 13.5. The standard InChI is InChI=1S/C21H31N3O4/c25-17-6-3-15(4-7-17)13-20(27)23-18-14-16(5-8-19(18)26)21(28)22-9-12-24-10-1-2-11-24/h3-4,6-7,16,18-19,25-26H,1-2,5,8-14H2,(H,22,28)(H,23,27)/t16-,18+,19+/m0/s1. The first-order valence-corrected chi connectivity index (χ1v) is 10.3. The molecule has 4 N–H and O–H groups in total. The normalized spacial score (nSPS) is 25.4. The van der Waals surface area contributed by atoms with Gasteiger partial charge in [0.05, 0.1) is 18.6 Å². The second-order valence-corrected chi connectivity index (χ2v) is 7.93. The van der Waals surface area contributed by atoms with Crippen LogP contribution in [0.4, 0.5) is 0 Å². The molecule has 1 saturated carbocycles. The van der Waals surface area contributed by atoms with Gasteiger partial charge in [-0.1, -0.05) is 12.1 Å². The van der Waals surface area contributed by atoms with Crippen molar-refractivity contribution in [2.75, 3.05) is 26.2 Å². The number of phenolic OH excluding ortho intramolecular Hbond substituents is 1. The minimum atomic E-state index is -0.627. The predicted molar refractivity (Wildman–Crippen MR) is 106 cm³/mol. The number of likely N-dealkylation sites (tertiary alicyclic amines) is 1. The van der Waals surface area contributed by atoms with E-state index in [1.807, 2.05) is 0 Å². The number of phenols is 1. The Morgan fingerprint density at radius 3 is 2.54 bits per heavy atom. The minimum absolute atomic E-state index is 0.0175. The number of hydrogen-bond acceptors (Lipinski definition) is 5. The molecule has 2 amide bonds. The zero-order valence-corrected chi connectivity index (χ0v) is 16.3. The summed E-state index contributed by atoms with van der Waals surface area (Å²) in [6, 6.07) is 6.07. The van der Waals surface area contributed by atoms with Crippen molar-refractivity contribution in [1.82, 2.24) is 15.5 Å². The Kier molecular flexibility index (Phi) is 7.28. The molecule has 3 atom stereocenters. The second kappa shape index (κ2) is 9.89. The average Bonchev–Trinajstić information content (AvgIpc) is 3.19. The fourth-order valence-electron chi connectivity index (χ4n) is 4.09. The minimum Gasteiger partial charge on any atom is -0.508 e. The number of aliphatic hydroxyl groups is 1. The number of amides is 2. The summed E-state index contributed by atoms with van der Waals surface area (Å²) < 4.78 is 0. The molecule has 1 aliphatic heterocycles. The quantitative estimate of drug-likeness (QED) is 0.552. The maximum absolute atomic E-state index is 12.5. The first kappa shape index (κ1) is 20.6. The summed E-state index contributed by atoms with van der Waals surface area (Å²) in [5, 5.41) is 25.5. The van der Waals surface area contributed by atoms with Crippen molar-refractivity contribution >= 4 is 11.8 Å². The third-order valence-corrected chi connectivity index (χ3v) is 5.76. The number of aliphatic hydroxyl groups excluding tert-OH is 1. The summed E-state index contributed by atoms with van der Waals surface area (Å²) in [5.41, 5.74) is 0.789. The summed E-state index contributed by atoms with van der Waals surface area (Å²) in [6.45, 7) is 3.75. The molecule has 1 aromatic carbocycles. The highest BCUT2D eigenvalue weighted by Crippen LogP contribution is 2.25. The van der Waals surface area contributed by atoms with E-state index in [0.717, 1.165) is 25.2 Å². The van der Waals surface area contributed by atoms with Gasteiger partial charge >= 0.3 is 0 Å². The highest BCUT2D eigenvalue weighted by molar-refractivity contribution is 5.80. The largest absolute Gasteiger partial charge is 0.508 e. The number of rotatable bonds is 7. The van der Waals surface area contributed by atoms with E-state index in [1.165, 1.54) is 12.8 Å². The number of aromatic hydroxyl groups is 1. The van der Waals surface area contributed by atoms with Crippen LogP contribution < -0.4 is 10.6 Å². The molecule has 7 heteroatoms. The molecule has 154 valence electrons. The predicted octanol–water partition coefficient (Wildman–Crippen LogP) is 0.793. The van der Waals surface area contributed by atoms with E-state index in [1.54, 1.807) is 24.3 Å². The molecule has 0 bridgehead atoms. The van der Waals surface area contributed by atoms with Gasteiger partial charge in [-0.2, -0.15) is 0 Å². The Morgan fingerprint density at radius 2 is 1.82 bits per heavy atom. The van der Waals surface area contributed by atoms with Crippen molar-refractivity contribution in [2.45, 2.75) is 50.7 Å². The van der Waals surface area contributed by atoms with Crippen LogP contribution in [0, 0.1) is 5.92 Å². The summed E-state index contributed by atoms with van der Waals surface area (Å²) in [4.78, 5) is 27.2. The van der Waals surface area contributed by atoms with E-state index >= 15 is 0 Å². The Balaban J connectivity index is 1.44. The topological polar surface area (TPSA) is 102 Å². The van der Waals surface area contributed by atoms with E-state index in [9.17, 15) is 19.8 Å². The van der Waals surface area contributed by atoms with Crippen molar-refractivity contribution < 1.29 is 19.8 Å². The van der Waals surface area contributed by atoms with Crippen LogP contribution in [0.5, 0.6) is 5.75 Å². The number of carbonyl (C=O) groups excluding carboxylic acids is 2. The van der Waals surface area contributed by atoms with Gasteiger partial charge in [0.1, 0.15) is 5.75 Å². The maximum Gasteiger partial charge on any atom is 0.224 e. The molecule has 0 aromatic heterocycles. The van der Waals surface area contributed by atoms with E-state index in [-0.39, 0.29) is 29.9 Å². The molecule has 2 fully saturated rings. The Morgan fingerprint density at radius 1 is 1.11 bits per heavy atom. The second-order valence-electron chi connectivity index (χ2n) is 7.93. The summed E-state index contributed by atoms with van der Waals surface area (Å²) in [5.74, 6) is -0.194. The molecule has 7 nitrogen and oxygen atoms in total. The van der Waals surface area contributed by atoms with Crippen molar-refractivity contribution in [3.05, 3.63) is 29.8 Å². The fraction of sp³-hybridized carbons (Fsp3) is 0.619. The van der Waals surface area contributed by atoms with Gasteiger partial charge < -0.3 is 25.7 Å². The number of nitrogens with zero attached hydrogens (tertiary/aromatic N) is 1. The number of hydrogen-bond donors (Lipinski definition) is 4. The number of benzene rings is 1. The SMILES string of the molecule is O=C(Cc1ccc(O)cc1)N[C@@H]1C[C@@H](C(=O)NCCN2CCCC2)CC[C@H]1O. The molecule has 0 radical (unpaired) electrons. The van der Waals surface area contributed by atoms with Crippen LogP contribution in [-0.4, -0.2) is 65.3 Å². The lowest BCUT2D eigenvalue weighted by atomic mass is 9.83. The average molecular weight is 389 g/mol. The summed E-state index contributed by atoms with van der Waals surface area (Å²) in [7, 11) is 0. The molecule has 2 aliphatic rings. The highest BCUT2D eigenvalue weighted by atomic mass is 16.3. The number of carbonyl (C=O) groups is 2. The number of nitrogens with one attached hydrogen (secondary N) is 2. The van der Waals surface area contributed by atoms with Crippen LogP contribution in [0.3, 0.4) is 0 Å². The van der Waals surface area contributed by atoms with Gasteiger partial charge in [-0.05, 0) is 62.9 Å². The van der Waals surface area contributed by atoms with Crippen molar-refractivity contribution in [3.63, 3.8) is 0 Å². The Labute approximate surface area is 166 Å². The Hall–Kier alpha value is -2.12. The lowest BCUT2D eigenvalue weighted by Crippen LogP contribution is -2.50. The maximum atomic E-state index is 12.5. The highest BCUT2D eigenvalue weighted by Gasteiger charge is 2.33. The van der Waals surface area contributed by atoms with E-state index in [0.29, 0.717) is 25.8 Å². The molecule has 0 spiro atoms. The van der Waals surface area contributed by atoms with E-state index in [4.69, 9.17) is 0 Å². The first-order valence-electron chi connectivity index (χ1n) is 10.3. The lowest BCUT2D eigenvalue weighted by Gasteiger charge is -2.33. The van der Waals surface area contributed by atoms with Gasteiger partial charge in [0.15, 0.2) is 0 Å². The molecule has 1 aliphatic carbocycles. The molecule has 3 rings (SSSR count). The van der Waals surface area contributed by atoms with Gasteiger partial charge in [0.25, 0.3) is 0 Å². The zero-order chi connectivity index (χ0) is 19.9. The molecular weight excluding hydrogens is 358 g/mol.